The average Bonchev–Trinajstić information content (AvgIpc) is 3.05. The number of nitrogens with one attached hydrogen (secondary N) is 3. The van der Waals surface area contributed by atoms with E-state index in [4.69, 9.17) is 0 Å². The number of nitrogens with zero attached hydrogens (tertiary/aromatic N) is 1. The molecule has 31 heavy (non-hydrogen) atoms. The van der Waals surface area contributed by atoms with Gasteiger partial charge in [0.2, 0.25) is 17.7 Å². The first-order valence-corrected chi connectivity index (χ1v) is 11.6. The molecule has 8 nitrogen and oxygen atoms in total. The SMILES string of the molecule is CC1CCC(F)CC1NC(=O)NCC1CCC2CN(C3CCC(=O)NC3=O)C(=O)C2C1. The summed E-state index contributed by atoms with van der Waals surface area (Å²) < 4.78 is 13.7. The smallest absolute Gasteiger partial charge is 0.315 e. The maximum absolute atomic E-state index is 13.7. The summed E-state index contributed by atoms with van der Waals surface area (Å²) in [6, 6.07) is -0.955. The van der Waals surface area contributed by atoms with Crippen LogP contribution in [0.1, 0.15) is 58.3 Å². The maximum Gasteiger partial charge on any atom is 0.315 e. The molecule has 172 valence electrons. The van der Waals surface area contributed by atoms with Crippen molar-refractivity contribution < 1.29 is 23.6 Å². The number of hydrogen-bond acceptors (Lipinski definition) is 4. The lowest BCUT2D eigenvalue weighted by Crippen LogP contribution is -2.53. The third-order valence-corrected chi connectivity index (χ3v) is 7.72. The van der Waals surface area contributed by atoms with Crippen LogP contribution in [0.15, 0.2) is 0 Å². The summed E-state index contributed by atoms with van der Waals surface area (Å²) in [4.78, 5) is 50.6. The van der Waals surface area contributed by atoms with E-state index < -0.39 is 12.2 Å². The van der Waals surface area contributed by atoms with E-state index >= 15 is 0 Å². The van der Waals surface area contributed by atoms with E-state index in [2.05, 4.69) is 16.0 Å². The van der Waals surface area contributed by atoms with Crippen LogP contribution in [0.5, 0.6) is 0 Å². The summed E-state index contributed by atoms with van der Waals surface area (Å²) in [5, 5.41) is 8.17. The minimum atomic E-state index is -0.850. The van der Waals surface area contributed by atoms with Crippen LogP contribution in [0.2, 0.25) is 0 Å². The van der Waals surface area contributed by atoms with Crippen molar-refractivity contribution in [3.63, 3.8) is 0 Å². The Hall–Kier alpha value is -2.19. The summed E-state index contributed by atoms with van der Waals surface area (Å²) in [5.74, 6) is -0.0751. The number of carbonyl (C=O) groups is 4. The largest absolute Gasteiger partial charge is 0.338 e. The number of imide groups is 1. The monoisotopic (exact) mass is 436 g/mol. The number of halogens is 1. The number of urea groups is 1. The molecule has 0 aromatic rings. The minimum absolute atomic E-state index is 0.00123. The van der Waals surface area contributed by atoms with Crippen molar-refractivity contribution in [2.24, 2.45) is 23.7 Å². The van der Waals surface area contributed by atoms with Crippen molar-refractivity contribution in [3.05, 3.63) is 0 Å². The molecule has 2 saturated carbocycles. The van der Waals surface area contributed by atoms with Gasteiger partial charge < -0.3 is 15.5 Å². The number of alkyl halides is 1. The molecule has 4 fully saturated rings. The van der Waals surface area contributed by atoms with Gasteiger partial charge in [-0.3, -0.25) is 19.7 Å². The molecule has 0 aromatic carbocycles. The first-order valence-electron chi connectivity index (χ1n) is 11.6. The van der Waals surface area contributed by atoms with Gasteiger partial charge in [0.05, 0.1) is 0 Å². The molecule has 7 unspecified atom stereocenters. The molecule has 7 atom stereocenters. The van der Waals surface area contributed by atoms with Crippen molar-refractivity contribution in [1.82, 2.24) is 20.9 Å². The van der Waals surface area contributed by atoms with E-state index in [0.29, 0.717) is 38.8 Å². The second kappa shape index (κ2) is 9.12. The van der Waals surface area contributed by atoms with Crippen LogP contribution in [0.4, 0.5) is 9.18 Å². The van der Waals surface area contributed by atoms with Gasteiger partial charge in [-0.25, -0.2) is 9.18 Å². The zero-order chi connectivity index (χ0) is 22.1. The lowest BCUT2D eigenvalue weighted by molar-refractivity contribution is -0.145. The van der Waals surface area contributed by atoms with Gasteiger partial charge in [-0.1, -0.05) is 6.92 Å². The molecule has 3 N–H and O–H groups in total. The number of piperidine rings is 1. The van der Waals surface area contributed by atoms with Crippen LogP contribution >= 0.6 is 0 Å². The molecular weight excluding hydrogens is 403 g/mol. The first-order chi connectivity index (χ1) is 14.8. The van der Waals surface area contributed by atoms with Crippen LogP contribution in [0, 0.1) is 23.7 Å². The number of rotatable bonds is 4. The van der Waals surface area contributed by atoms with Gasteiger partial charge in [0.25, 0.3) is 0 Å². The maximum atomic E-state index is 13.7. The van der Waals surface area contributed by atoms with Crippen molar-refractivity contribution in [2.75, 3.05) is 13.1 Å². The second-order valence-electron chi connectivity index (χ2n) is 9.85. The first kappa shape index (κ1) is 22.0. The van der Waals surface area contributed by atoms with Gasteiger partial charge in [-0.2, -0.15) is 0 Å². The fourth-order valence-electron chi connectivity index (χ4n) is 5.77. The highest BCUT2D eigenvalue weighted by molar-refractivity contribution is 6.02. The molecule has 0 radical (unpaired) electrons. The van der Waals surface area contributed by atoms with Crippen LogP contribution in [0.25, 0.3) is 0 Å². The third-order valence-electron chi connectivity index (χ3n) is 7.72. The molecule has 4 rings (SSSR count). The molecule has 2 aliphatic heterocycles. The van der Waals surface area contributed by atoms with Gasteiger partial charge in [-0.05, 0) is 62.7 Å². The van der Waals surface area contributed by atoms with Crippen molar-refractivity contribution in [3.8, 4) is 0 Å². The molecule has 2 saturated heterocycles. The number of amides is 5. The third kappa shape index (κ3) is 4.85. The predicted octanol–water partition coefficient (Wildman–Crippen LogP) is 1.49. The highest BCUT2D eigenvalue weighted by atomic mass is 19.1. The summed E-state index contributed by atoms with van der Waals surface area (Å²) in [6.45, 7) is 3.10. The van der Waals surface area contributed by atoms with Crippen LogP contribution in [0.3, 0.4) is 0 Å². The number of fused-ring (bicyclic) bond motifs is 1. The Morgan fingerprint density at radius 1 is 1.13 bits per heavy atom. The Bertz CT molecular complexity index is 747. The van der Waals surface area contributed by atoms with Crippen molar-refractivity contribution in [2.45, 2.75) is 76.5 Å². The standard InChI is InChI=1S/C22H33FN4O4/c1-12-2-5-15(23)9-17(12)25-22(31)24-10-13-3-4-14-11-27(21(30)16(14)8-13)18-6-7-19(28)26-20(18)29/h12-18H,2-11H2,1H3,(H2,24,25,31)(H,26,28,29). The Balaban J connectivity index is 1.26. The lowest BCUT2D eigenvalue weighted by atomic mass is 9.75. The molecule has 2 heterocycles. The lowest BCUT2D eigenvalue weighted by Gasteiger charge is -2.32. The molecular formula is C22H33FN4O4. The molecule has 0 bridgehead atoms. The molecule has 5 amide bonds. The van der Waals surface area contributed by atoms with Gasteiger partial charge in [0.15, 0.2) is 0 Å². The van der Waals surface area contributed by atoms with Gasteiger partial charge in [0, 0.05) is 31.5 Å². The molecule has 9 heteroatoms. The van der Waals surface area contributed by atoms with Crippen LogP contribution in [-0.4, -0.2) is 60.0 Å². The summed E-state index contributed by atoms with van der Waals surface area (Å²) in [5.41, 5.74) is 0. The Morgan fingerprint density at radius 2 is 1.94 bits per heavy atom. The topological polar surface area (TPSA) is 108 Å². The van der Waals surface area contributed by atoms with Gasteiger partial charge in [-0.15, -0.1) is 0 Å². The second-order valence-corrected chi connectivity index (χ2v) is 9.85. The number of hydrogen-bond donors (Lipinski definition) is 3. The van der Waals surface area contributed by atoms with Gasteiger partial charge >= 0.3 is 6.03 Å². The average molecular weight is 437 g/mol. The van der Waals surface area contributed by atoms with Crippen LogP contribution in [-0.2, 0) is 14.4 Å². The van der Waals surface area contributed by atoms with Crippen molar-refractivity contribution in [1.29, 1.82) is 0 Å². The molecule has 2 aliphatic carbocycles. The minimum Gasteiger partial charge on any atom is -0.338 e. The fraction of sp³-hybridized carbons (Fsp3) is 0.818. The van der Waals surface area contributed by atoms with Gasteiger partial charge in [0.1, 0.15) is 12.2 Å². The molecule has 4 aliphatic rings. The highest BCUT2D eigenvalue weighted by Crippen LogP contribution is 2.41. The van der Waals surface area contributed by atoms with E-state index in [0.717, 1.165) is 19.3 Å². The zero-order valence-corrected chi connectivity index (χ0v) is 18.1. The van der Waals surface area contributed by atoms with Crippen molar-refractivity contribution >= 4 is 23.8 Å². The Labute approximate surface area is 182 Å². The van der Waals surface area contributed by atoms with E-state index in [1.165, 1.54) is 0 Å². The number of carbonyl (C=O) groups excluding carboxylic acids is 4. The summed E-state index contributed by atoms with van der Waals surface area (Å²) in [7, 11) is 0. The highest BCUT2D eigenvalue weighted by Gasteiger charge is 2.48. The zero-order valence-electron chi connectivity index (χ0n) is 18.1. The van der Waals surface area contributed by atoms with E-state index in [9.17, 15) is 23.6 Å². The molecule has 0 aromatic heterocycles. The van der Waals surface area contributed by atoms with E-state index in [-0.39, 0.29) is 59.9 Å². The predicted molar refractivity (Wildman–Crippen MR) is 110 cm³/mol. The summed E-state index contributed by atoms with van der Waals surface area (Å²) >= 11 is 0. The fourth-order valence-corrected chi connectivity index (χ4v) is 5.77. The molecule has 0 spiro atoms. The van der Waals surface area contributed by atoms with E-state index in [1.54, 1.807) is 4.90 Å². The Morgan fingerprint density at radius 3 is 2.71 bits per heavy atom. The quantitative estimate of drug-likeness (QED) is 0.581. The van der Waals surface area contributed by atoms with Crippen LogP contribution < -0.4 is 16.0 Å². The number of likely N-dealkylation sites (tertiary alicyclic amines) is 1. The normalized spacial score (nSPS) is 38.5. The van der Waals surface area contributed by atoms with E-state index in [1.807, 2.05) is 6.92 Å². The Kier molecular flexibility index (Phi) is 6.48. The summed E-state index contributed by atoms with van der Waals surface area (Å²) in [6.07, 6.45) is 4.02.